The second-order valence-corrected chi connectivity index (χ2v) is 6.50. The molecule has 0 saturated carbocycles. The Labute approximate surface area is 141 Å². The fourth-order valence-corrected chi connectivity index (χ4v) is 3.24. The van der Waals surface area contributed by atoms with Crippen molar-refractivity contribution in [1.82, 2.24) is 14.9 Å². The molecule has 0 radical (unpaired) electrons. The number of Topliss-reactive ketones (excluding diaryl/α,β-unsaturated/α-hetero) is 1. The number of aromatic amines is 1. The Balaban J connectivity index is 1.79. The molecule has 0 amide bonds. The van der Waals surface area contributed by atoms with E-state index in [2.05, 4.69) is 14.9 Å². The highest BCUT2D eigenvalue weighted by molar-refractivity contribution is 6.30. The van der Waals surface area contributed by atoms with Gasteiger partial charge in [-0.15, -0.1) is 0 Å². The van der Waals surface area contributed by atoms with Crippen LogP contribution in [0, 0.1) is 0 Å². The average Bonchev–Trinajstić information content (AvgIpc) is 3.05. The highest BCUT2D eigenvalue weighted by atomic mass is 35.5. The average molecular weight is 332 g/mol. The number of likely N-dealkylation sites (tertiary alicyclic amines) is 1. The molecule has 2 heterocycles. The van der Waals surface area contributed by atoms with Crippen LogP contribution in [0.1, 0.15) is 44.5 Å². The number of aromatic nitrogens is 2. The highest BCUT2D eigenvalue weighted by Gasteiger charge is 2.27. The number of hydrogen-bond acceptors (Lipinski definition) is 3. The van der Waals surface area contributed by atoms with E-state index in [-0.39, 0.29) is 6.04 Å². The Morgan fingerprint density at radius 1 is 1.35 bits per heavy atom. The molecule has 3 rings (SSSR count). The SMILES string of the molecule is CCC(=O)CN1CCCCC1c1ncc(-c2ccc(Cl)cc2)[nH]1. The number of rotatable bonds is 5. The number of H-pyrrole nitrogens is 1. The van der Waals surface area contributed by atoms with Gasteiger partial charge in [-0.2, -0.15) is 0 Å². The molecular formula is C18H22ClN3O. The first-order valence-electron chi connectivity index (χ1n) is 8.24. The number of nitrogens with zero attached hydrogens (tertiary/aromatic N) is 2. The van der Waals surface area contributed by atoms with E-state index < -0.39 is 0 Å². The number of piperidine rings is 1. The van der Waals surface area contributed by atoms with E-state index >= 15 is 0 Å². The van der Waals surface area contributed by atoms with Gasteiger partial charge in [0.05, 0.1) is 24.5 Å². The number of halogens is 1. The number of imidazole rings is 1. The van der Waals surface area contributed by atoms with Gasteiger partial charge in [0.1, 0.15) is 11.6 Å². The second-order valence-electron chi connectivity index (χ2n) is 6.06. The maximum absolute atomic E-state index is 11.8. The molecule has 1 aliphatic heterocycles. The first kappa shape index (κ1) is 16.2. The van der Waals surface area contributed by atoms with Crippen molar-refractivity contribution < 1.29 is 4.79 Å². The zero-order valence-corrected chi connectivity index (χ0v) is 14.1. The topological polar surface area (TPSA) is 49.0 Å². The van der Waals surface area contributed by atoms with Gasteiger partial charge < -0.3 is 4.98 Å². The van der Waals surface area contributed by atoms with Gasteiger partial charge >= 0.3 is 0 Å². The summed E-state index contributed by atoms with van der Waals surface area (Å²) >= 11 is 5.94. The first-order valence-corrected chi connectivity index (χ1v) is 8.61. The summed E-state index contributed by atoms with van der Waals surface area (Å²) in [7, 11) is 0. The summed E-state index contributed by atoms with van der Waals surface area (Å²) in [4.78, 5) is 22.1. The molecular weight excluding hydrogens is 310 g/mol. The van der Waals surface area contributed by atoms with E-state index in [0.717, 1.165) is 41.5 Å². The minimum Gasteiger partial charge on any atom is -0.341 e. The molecule has 0 aliphatic carbocycles. The minimum absolute atomic E-state index is 0.209. The fourth-order valence-electron chi connectivity index (χ4n) is 3.11. The van der Waals surface area contributed by atoms with E-state index in [9.17, 15) is 4.79 Å². The van der Waals surface area contributed by atoms with Crippen LogP contribution in [0.2, 0.25) is 5.02 Å². The van der Waals surface area contributed by atoms with E-state index in [1.807, 2.05) is 37.4 Å². The van der Waals surface area contributed by atoms with Crippen molar-refractivity contribution in [2.45, 2.75) is 38.6 Å². The molecule has 1 atom stereocenters. The van der Waals surface area contributed by atoms with Crippen LogP contribution in [-0.2, 0) is 4.79 Å². The molecule has 4 nitrogen and oxygen atoms in total. The highest BCUT2D eigenvalue weighted by Crippen LogP contribution is 2.30. The van der Waals surface area contributed by atoms with Gasteiger partial charge in [-0.05, 0) is 37.1 Å². The number of hydrogen-bond donors (Lipinski definition) is 1. The molecule has 23 heavy (non-hydrogen) atoms. The van der Waals surface area contributed by atoms with E-state index in [4.69, 9.17) is 11.6 Å². The third kappa shape index (κ3) is 3.82. The van der Waals surface area contributed by atoms with Crippen LogP contribution < -0.4 is 0 Å². The fraction of sp³-hybridized carbons (Fsp3) is 0.444. The van der Waals surface area contributed by atoms with Crippen LogP contribution in [0.3, 0.4) is 0 Å². The van der Waals surface area contributed by atoms with Crippen LogP contribution in [-0.4, -0.2) is 33.7 Å². The van der Waals surface area contributed by atoms with Gasteiger partial charge in [0, 0.05) is 11.4 Å². The summed E-state index contributed by atoms with van der Waals surface area (Å²) in [5.74, 6) is 1.25. The lowest BCUT2D eigenvalue weighted by Crippen LogP contribution is -2.37. The normalized spacial score (nSPS) is 19.0. The standard InChI is InChI=1S/C18H22ClN3O/c1-2-15(23)12-22-10-4-3-5-17(22)18-20-11-16(21-18)13-6-8-14(19)9-7-13/h6-9,11,17H,2-5,10,12H2,1H3,(H,20,21). The molecule has 5 heteroatoms. The maximum atomic E-state index is 11.8. The van der Waals surface area contributed by atoms with Gasteiger partial charge in [-0.1, -0.05) is 37.1 Å². The zero-order chi connectivity index (χ0) is 16.2. The third-order valence-electron chi connectivity index (χ3n) is 4.45. The molecule has 122 valence electrons. The van der Waals surface area contributed by atoms with Gasteiger partial charge in [-0.3, -0.25) is 9.69 Å². The van der Waals surface area contributed by atoms with E-state index in [0.29, 0.717) is 18.7 Å². The number of benzene rings is 1. The van der Waals surface area contributed by atoms with Crippen LogP contribution in [0.15, 0.2) is 30.5 Å². The molecule has 1 saturated heterocycles. The number of carbonyl (C=O) groups excluding carboxylic acids is 1. The molecule has 2 aromatic rings. The van der Waals surface area contributed by atoms with Crippen LogP contribution in [0.25, 0.3) is 11.3 Å². The van der Waals surface area contributed by atoms with Crippen molar-refractivity contribution in [3.63, 3.8) is 0 Å². The van der Waals surface area contributed by atoms with Crippen molar-refractivity contribution >= 4 is 17.4 Å². The molecule has 1 fully saturated rings. The second kappa shape index (κ2) is 7.28. The number of ketones is 1. The quantitative estimate of drug-likeness (QED) is 0.891. The lowest BCUT2D eigenvalue weighted by atomic mass is 10.0. The molecule has 1 aromatic carbocycles. The summed E-state index contributed by atoms with van der Waals surface area (Å²) in [5, 5.41) is 0.727. The summed E-state index contributed by atoms with van der Waals surface area (Å²) < 4.78 is 0. The molecule has 1 unspecified atom stereocenters. The van der Waals surface area contributed by atoms with Crippen molar-refractivity contribution in [3.05, 3.63) is 41.3 Å². The number of nitrogens with one attached hydrogen (secondary N) is 1. The monoisotopic (exact) mass is 331 g/mol. The lowest BCUT2D eigenvalue weighted by molar-refractivity contribution is -0.120. The van der Waals surface area contributed by atoms with E-state index in [1.165, 1.54) is 6.42 Å². The lowest BCUT2D eigenvalue weighted by Gasteiger charge is -2.33. The Morgan fingerprint density at radius 2 is 2.13 bits per heavy atom. The predicted octanol–water partition coefficient (Wildman–Crippen LogP) is 4.24. The maximum Gasteiger partial charge on any atom is 0.146 e. The van der Waals surface area contributed by atoms with Gasteiger partial charge in [0.2, 0.25) is 0 Å². The Bertz CT molecular complexity index is 665. The third-order valence-corrected chi connectivity index (χ3v) is 4.71. The first-order chi connectivity index (χ1) is 11.2. The molecule has 0 bridgehead atoms. The van der Waals surface area contributed by atoms with Crippen molar-refractivity contribution in [3.8, 4) is 11.3 Å². The summed E-state index contributed by atoms with van der Waals surface area (Å²) in [6, 6.07) is 7.94. The molecule has 0 spiro atoms. The van der Waals surface area contributed by atoms with Gasteiger partial charge in [0.25, 0.3) is 0 Å². The number of carbonyl (C=O) groups is 1. The largest absolute Gasteiger partial charge is 0.341 e. The van der Waals surface area contributed by atoms with Crippen molar-refractivity contribution in [1.29, 1.82) is 0 Å². The Morgan fingerprint density at radius 3 is 2.87 bits per heavy atom. The summed E-state index contributed by atoms with van der Waals surface area (Å²) in [5.41, 5.74) is 2.06. The van der Waals surface area contributed by atoms with Crippen LogP contribution in [0.4, 0.5) is 0 Å². The van der Waals surface area contributed by atoms with Crippen molar-refractivity contribution in [2.24, 2.45) is 0 Å². The van der Waals surface area contributed by atoms with Crippen molar-refractivity contribution in [2.75, 3.05) is 13.1 Å². The minimum atomic E-state index is 0.209. The van der Waals surface area contributed by atoms with Crippen LogP contribution in [0.5, 0.6) is 0 Å². The zero-order valence-electron chi connectivity index (χ0n) is 13.4. The predicted molar refractivity (Wildman–Crippen MR) is 92.5 cm³/mol. The molecule has 1 aliphatic rings. The Kier molecular flexibility index (Phi) is 5.13. The molecule has 1 N–H and O–H groups in total. The Hall–Kier alpha value is -1.65. The summed E-state index contributed by atoms with van der Waals surface area (Å²) in [6.45, 7) is 3.42. The smallest absolute Gasteiger partial charge is 0.146 e. The summed E-state index contributed by atoms with van der Waals surface area (Å²) in [6.07, 6.45) is 5.84. The molecule has 1 aromatic heterocycles. The van der Waals surface area contributed by atoms with Crippen LogP contribution >= 0.6 is 11.6 Å². The van der Waals surface area contributed by atoms with Gasteiger partial charge in [0.15, 0.2) is 0 Å². The van der Waals surface area contributed by atoms with E-state index in [1.54, 1.807) is 0 Å². The van der Waals surface area contributed by atoms with Gasteiger partial charge in [-0.25, -0.2) is 4.98 Å².